The Hall–Kier alpha value is -2.11. The summed E-state index contributed by atoms with van der Waals surface area (Å²) in [5, 5.41) is 3.14. The summed E-state index contributed by atoms with van der Waals surface area (Å²) in [6.07, 6.45) is -1.01. The lowest BCUT2D eigenvalue weighted by atomic mass is 10.2. The predicted molar refractivity (Wildman–Crippen MR) is 89.6 cm³/mol. The van der Waals surface area contributed by atoms with Crippen molar-refractivity contribution in [3.05, 3.63) is 69.5 Å². The van der Waals surface area contributed by atoms with Crippen LogP contribution in [0.4, 0.5) is 4.39 Å². The summed E-state index contributed by atoms with van der Waals surface area (Å²) in [6.45, 7) is 1.64. The number of hydrogen-bond acceptors (Lipinski definition) is 3. The molecular formula is C17H14Cl2FNO3. The monoisotopic (exact) mass is 369 g/mol. The van der Waals surface area contributed by atoms with Gasteiger partial charge in [-0.05, 0) is 42.8 Å². The van der Waals surface area contributed by atoms with Crippen LogP contribution in [-0.4, -0.2) is 18.0 Å². The Morgan fingerprint density at radius 2 is 1.83 bits per heavy atom. The molecule has 7 heteroatoms. The van der Waals surface area contributed by atoms with Gasteiger partial charge in [-0.1, -0.05) is 35.3 Å². The molecule has 0 aliphatic heterocycles. The molecule has 24 heavy (non-hydrogen) atoms. The Morgan fingerprint density at radius 3 is 2.46 bits per heavy atom. The normalized spacial score (nSPS) is 11.7. The fourth-order valence-electron chi connectivity index (χ4n) is 1.87. The number of carbonyl (C=O) groups excluding carboxylic acids is 2. The molecule has 1 unspecified atom stereocenters. The molecule has 0 radical (unpaired) electrons. The molecule has 0 saturated heterocycles. The van der Waals surface area contributed by atoms with Gasteiger partial charge in [0, 0.05) is 11.6 Å². The Balaban J connectivity index is 1.90. The number of hydrogen-bond donors (Lipinski definition) is 1. The van der Waals surface area contributed by atoms with Gasteiger partial charge in [0.2, 0.25) is 0 Å². The van der Waals surface area contributed by atoms with Gasteiger partial charge in [-0.3, -0.25) is 4.79 Å². The van der Waals surface area contributed by atoms with Crippen molar-refractivity contribution in [1.82, 2.24) is 5.32 Å². The van der Waals surface area contributed by atoms with Crippen molar-refractivity contribution >= 4 is 35.1 Å². The number of amides is 1. The maximum Gasteiger partial charge on any atom is 0.340 e. The number of ether oxygens (including phenoxy) is 1. The van der Waals surface area contributed by atoms with Gasteiger partial charge < -0.3 is 10.1 Å². The van der Waals surface area contributed by atoms with Crippen molar-refractivity contribution in [2.24, 2.45) is 0 Å². The van der Waals surface area contributed by atoms with Crippen LogP contribution in [0, 0.1) is 5.82 Å². The highest BCUT2D eigenvalue weighted by Gasteiger charge is 2.20. The predicted octanol–water partition coefficient (Wildman–Crippen LogP) is 3.99. The molecule has 1 atom stereocenters. The van der Waals surface area contributed by atoms with Crippen molar-refractivity contribution in [1.29, 1.82) is 0 Å². The second-order valence-corrected chi connectivity index (χ2v) is 5.86. The molecule has 2 rings (SSSR count). The average molecular weight is 370 g/mol. The number of nitrogens with one attached hydrogen (secondary N) is 1. The molecule has 126 valence electrons. The SMILES string of the molecule is CC(OC(=O)c1ccc(Cl)cc1Cl)C(=O)NCc1ccc(F)cc1. The van der Waals surface area contributed by atoms with Crippen LogP contribution in [0.15, 0.2) is 42.5 Å². The highest BCUT2D eigenvalue weighted by Crippen LogP contribution is 2.22. The Bertz CT molecular complexity index is 750. The molecule has 0 bridgehead atoms. The van der Waals surface area contributed by atoms with Crippen LogP contribution >= 0.6 is 23.2 Å². The number of carbonyl (C=O) groups is 2. The summed E-state index contributed by atoms with van der Waals surface area (Å²) in [5.41, 5.74) is 0.850. The fourth-order valence-corrected chi connectivity index (χ4v) is 2.35. The Morgan fingerprint density at radius 1 is 1.17 bits per heavy atom. The van der Waals surface area contributed by atoms with Crippen LogP contribution in [0.1, 0.15) is 22.8 Å². The summed E-state index contributed by atoms with van der Waals surface area (Å²) >= 11 is 11.7. The highest BCUT2D eigenvalue weighted by atomic mass is 35.5. The van der Waals surface area contributed by atoms with E-state index in [1.54, 1.807) is 12.1 Å². The van der Waals surface area contributed by atoms with Crippen LogP contribution in [-0.2, 0) is 16.1 Å². The molecule has 0 saturated carbocycles. The van der Waals surface area contributed by atoms with Crippen molar-refractivity contribution in [3.63, 3.8) is 0 Å². The molecule has 0 spiro atoms. The lowest BCUT2D eigenvalue weighted by molar-refractivity contribution is -0.129. The van der Waals surface area contributed by atoms with Crippen molar-refractivity contribution in [3.8, 4) is 0 Å². The minimum absolute atomic E-state index is 0.124. The van der Waals surface area contributed by atoms with Crippen molar-refractivity contribution < 1.29 is 18.7 Å². The summed E-state index contributed by atoms with van der Waals surface area (Å²) in [4.78, 5) is 24.0. The molecule has 0 fully saturated rings. The van der Waals surface area contributed by atoms with E-state index in [9.17, 15) is 14.0 Å². The molecule has 1 N–H and O–H groups in total. The van der Waals surface area contributed by atoms with E-state index in [4.69, 9.17) is 27.9 Å². The minimum Gasteiger partial charge on any atom is -0.449 e. The average Bonchev–Trinajstić information content (AvgIpc) is 2.53. The molecule has 0 aromatic heterocycles. The molecule has 0 aliphatic carbocycles. The molecule has 2 aromatic rings. The Labute approximate surface area is 148 Å². The smallest absolute Gasteiger partial charge is 0.340 e. The van der Waals surface area contributed by atoms with Gasteiger partial charge in [0.15, 0.2) is 6.10 Å². The number of benzene rings is 2. The third-order valence-electron chi connectivity index (χ3n) is 3.18. The van der Waals surface area contributed by atoms with Gasteiger partial charge in [-0.2, -0.15) is 0 Å². The molecule has 1 amide bonds. The summed E-state index contributed by atoms with van der Waals surface area (Å²) < 4.78 is 17.9. The van der Waals surface area contributed by atoms with Crippen LogP contribution in [0.5, 0.6) is 0 Å². The third kappa shape index (κ3) is 4.94. The van der Waals surface area contributed by atoms with Crippen LogP contribution in [0.3, 0.4) is 0 Å². The molecular weight excluding hydrogens is 356 g/mol. The van der Waals surface area contributed by atoms with Gasteiger partial charge in [-0.25, -0.2) is 9.18 Å². The van der Waals surface area contributed by atoms with E-state index in [1.165, 1.54) is 37.3 Å². The summed E-state index contributed by atoms with van der Waals surface area (Å²) in [7, 11) is 0. The zero-order valence-corrected chi connectivity index (χ0v) is 14.2. The van der Waals surface area contributed by atoms with E-state index >= 15 is 0 Å². The topological polar surface area (TPSA) is 55.4 Å². The zero-order chi connectivity index (χ0) is 17.7. The molecule has 2 aromatic carbocycles. The van der Waals surface area contributed by atoms with E-state index in [2.05, 4.69) is 5.32 Å². The molecule has 4 nitrogen and oxygen atoms in total. The van der Waals surface area contributed by atoms with E-state index in [1.807, 2.05) is 0 Å². The van der Waals surface area contributed by atoms with Gasteiger partial charge in [-0.15, -0.1) is 0 Å². The first-order valence-electron chi connectivity index (χ1n) is 7.05. The van der Waals surface area contributed by atoms with Crippen LogP contribution in [0.2, 0.25) is 10.0 Å². The van der Waals surface area contributed by atoms with Crippen molar-refractivity contribution in [2.75, 3.05) is 0 Å². The zero-order valence-electron chi connectivity index (χ0n) is 12.7. The maximum absolute atomic E-state index is 12.8. The van der Waals surface area contributed by atoms with Gasteiger partial charge in [0.05, 0.1) is 10.6 Å². The van der Waals surface area contributed by atoms with E-state index in [-0.39, 0.29) is 22.9 Å². The van der Waals surface area contributed by atoms with Crippen LogP contribution < -0.4 is 5.32 Å². The highest BCUT2D eigenvalue weighted by molar-refractivity contribution is 6.36. The van der Waals surface area contributed by atoms with E-state index < -0.39 is 18.0 Å². The second-order valence-electron chi connectivity index (χ2n) is 5.02. The standard InChI is InChI=1S/C17H14Cl2FNO3/c1-10(16(22)21-9-11-2-5-13(20)6-3-11)24-17(23)14-7-4-12(18)8-15(14)19/h2-8,10H,9H2,1H3,(H,21,22). The van der Waals surface area contributed by atoms with Gasteiger partial charge >= 0.3 is 5.97 Å². The largest absolute Gasteiger partial charge is 0.449 e. The number of rotatable bonds is 5. The number of halogens is 3. The first-order chi connectivity index (χ1) is 11.4. The lowest BCUT2D eigenvalue weighted by Gasteiger charge is -2.14. The molecule has 0 aliphatic rings. The number of esters is 1. The van der Waals surface area contributed by atoms with Gasteiger partial charge in [0.25, 0.3) is 5.91 Å². The third-order valence-corrected chi connectivity index (χ3v) is 3.73. The summed E-state index contributed by atoms with van der Waals surface area (Å²) in [6, 6.07) is 10.1. The maximum atomic E-state index is 12.8. The van der Waals surface area contributed by atoms with Crippen molar-refractivity contribution in [2.45, 2.75) is 19.6 Å². The first-order valence-corrected chi connectivity index (χ1v) is 7.80. The van der Waals surface area contributed by atoms with E-state index in [0.717, 1.165) is 5.56 Å². The second kappa shape index (κ2) is 8.13. The summed E-state index contributed by atoms with van der Waals surface area (Å²) in [5.74, 6) is -1.55. The van der Waals surface area contributed by atoms with E-state index in [0.29, 0.717) is 5.02 Å². The van der Waals surface area contributed by atoms with Gasteiger partial charge in [0.1, 0.15) is 5.82 Å². The first kappa shape index (κ1) is 18.2. The van der Waals surface area contributed by atoms with Crippen LogP contribution in [0.25, 0.3) is 0 Å². The lowest BCUT2D eigenvalue weighted by Crippen LogP contribution is -2.35. The quantitative estimate of drug-likeness (QED) is 0.810. The fraction of sp³-hybridized carbons (Fsp3) is 0.176. The Kier molecular flexibility index (Phi) is 6.17. The molecule has 0 heterocycles. The minimum atomic E-state index is -1.01.